The molecular weight excluding hydrogens is 274 g/mol. The zero-order valence-electron chi connectivity index (χ0n) is 14.3. The Hall–Kier alpha value is -0.930. The summed E-state index contributed by atoms with van der Waals surface area (Å²) >= 11 is 0. The summed E-state index contributed by atoms with van der Waals surface area (Å²) < 4.78 is 0. The van der Waals surface area contributed by atoms with Crippen LogP contribution >= 0.6 is 0 Å². The Labute approximate surface area is 135 Å². The number of carbonyl (C=O) groups is 1. The molecule has 3 nitrogen and oxygen atoms in total. The van der Waals surface area contributed by atoms with Crippen LogP contribution in [0.3, 0.4) is 0 Å². The third-order valence-corrected chi connectivity index (χ3v) is 5.11. The van der Waals surface area contributed by atoms with Crippen molar-refractivity contribution in [2.45, 2.75) is 51.6 Å². The predicted octanol–water partition coefficient (Wildman–Crippen LogP) is 3.20. The number of allylic oxidation sites excluding steroid dienone is 3. The summed E-state index contributed by atoms with van der Waals surface area (Å²) in [5, 5.41) is 10.2. The molecule has 0 unspecified atom stereocenters. The highest BCUT2D eigenvalue weighted by molar-refractivity contribution is 5.87. The largest absolute Gasteiger partial charge is 0.392 e. The van der Waals surface area contributed by atoms with Gasteiger partial charge in [0.05, 0.1) is 6.10 Å². The summed E-state index contributed by atoms with van der Waals surface area (Å²) in [6.07, 6.45) is 12.8. The number of rotatable bonds is 8. The number of aliphatic hydroxyl groups is 1. The van der Waals surface area contributed by atoms with Gasteiger partial charge in [-0.1, -0.05) is 24.1 Å². The van der Waals surface area contributed by atoms with Crippen LogP contribution in [0.4, 0.5) is 0 Å². The van der Waals surface area contributed by atoms with E-state index < -0.39 is 0 Å². The third kappa shape index (κ3) is 4.79. The highest BCUT2D eigenvalue weighted by Crippen LogP contribution is 2.48. The van der Waals surface area contributed by atoms with Gasteiger partial charge in [-0.25, -0.2) is 0 Å². The average Bonchev–Trinajstić information content (AvgIpc) is 2.92. The fourth-order valence-electron chi connectivity index (χ4n) is 3.99. The van der Waals surface area contributed by atoms with Gasteiger partial charge in [-0.3, -0.25) is 4.79 Å². The SMILES string of the molecule is CC(=O)/C=C/[C@@H]1[C@H]2CC(CCCCCN(C)C)=C[C@H]2C[C@H]1O. The summed E-state index contributed by atoms with van der Waals surface area (Å²) in [5.74, 6) is 1.27. The quantitative estimate of drug-likeness (QED) is 0.425. The number of ketones is 1. The van der Waals surface area contributed by atoms with E-state index in [2.05, 4.69) is 25.1 Å². The molecule has 4 atom stereocenters. The van der Waals surface area contributed by atoms with Crippen LogP contribution in [0.25, 0.3) is 0 Å². The van der Waals surface area contributed by atoms with Gasteiger partial charge in [0.1, 0.15) is 0 Å². The lowest BCUT2D eigenvalue weighted by Crippen LogP contribution is -2.17. The van der Waals surface area contributed by atoms with Gasteiger partial charge < -0.3 is 10.0 Å². The number of fused-ring (bicyclic) bond motifs is 1. The fraction of sp³-hybridized carbons (Fsp3) is 0.737. The van der Waals surface area contributed by atoms with Crippen molar-refractivity contribution < 1.29 is 9.90 Å². The second-order valence-corrected chi connectivity index (χ2v) is 7.32. The summed E-state index contributed by atoms with van der Waals surface area (Å²) in [6, 6.07) is 0. The van der Waals surface area contributed by atoms with Crippen molar-refractivity contribution in [2.75, 3.05) is 20.6 Å². The van der Waals surface area contributed by atoms with Gasteiger partial charge in [0.25, 0.3) is 0 Å². The van der Waals surface area contributed by atoms with Gasteiger partial charge in [0.2, 0.25) is 0 Å². The number of hydrogen-bond donors (Lipinski definition) is 1. The lowest BCUT2D eigenvalue weighted by molar-refractivity contribution is -0.112. The maximum absolute atomic E-state index is 11.1. The first kappa shape index (κ1) is 17.4. The van der Waals surface area contributed by atoms with E-state index in [0.29, 0.717) is 11.8 Å². The van der Waals surface area contributed by atoms with Crippen molar-refractivity contribution in [1.82, 2.24) is 4.90 Å². The first-order chi connectivity index (χ1) is 10.5. The monoisotopic (exact) mass is 305 g/mol. The highest BCUT2D eigenvalue weighted by atomic mass is 16.3. The molecule has 0 amide bonds. The van der Waals surface area contributed by atoms with E-state index >= 15 is 0 Å². The minimum absolute atomic E-state index is 0.0720. The van der Waals surface area contributed by atoms with Gasteiger partial charge in [0, 0.05) is 5.92 Å². The number of aliphatic hydroxyl groups excluding tert-OH is 1. The molecule has 1 saturated carbocycles. The standard InChI is InChI=1S/C19H31NO2/c1-14(21)8-9-17-18-12-15(11-16(18)13-19(17)22)7-5-4-6-10-20(2)3/h8-9,11,16-19,22H,4-7,10,12-13H2,1-3H3/b9-8+/t16-,17+,18-,19+/m0/s1. The van der Waals surface area contributed by atoms with E-state index in [0.717, 1.165) is 12.8 Å². The number of unbranched alkanes of at least 4 members (excludes halogenated alkanes) is 2. The first-order valence-electron chi connectivity index (χ1n) is 8.68. The number of nitrogens with zero attached hydrogens (tertiary/aromatic N) is 1. The van der Waals surface area contributed by atoms with Gasteiger partial charge >= 0.3 is 0 Å². The Morgan fingerprint density at radius 2 is 2.14 bits per heavy atom. The highest BCUT2D eigenvalue weighted by Gasteiger charge is 2.43. The molecule has 0 spiro atoms. The lowest BCUT2D eigenvalue weighted by atomic mass is 9.88. The molecule has 124 valence electrons. The molecule has 0 saturated heterocycles. The molecule has 0 radical (unpaired) electrons. The summed E-state index contributed by atoms with van der Waals surface area (Å²) in [5.41, 5.74) is 1.58. The molecule has 0 aromatic heterocycles. The van der Waals surface area contributed by atoms with Gasteiger partial charge in [0.15, 0.2) is 5.78 Å². The van der Waals surface area contributed by atoms with Crippen LogP contribution in [0.2, 0.25) is 0 Å². The minimum atomic E-state index is -0.275. The molecule has 2 rings (SSSR count). The Kier molecular flexibility index (Phi) is 6.39. The molecule has 0 aromatic rings. The summed E-state index contributed by atoms with van der Waals surface area (Å²) in [7, 11) is 4.25. The van der Waals surface area contributed by atoms with E-state index in [1.54, 1.807) is 18.6 Å². The van der Waals surface area contributed by atoms with Crippen LogP contribution < -0.4 is 0 Å². The molecule has 1 N–H and O–H groups in total. The second-order valence-electron chi connectivity index (χ2n) is 7.32. The number of hydrogen-bond acceptors (Lipinski definition) is 3. The van der Waals surface area contributed by atoms with Crippen molar-refractivity contribution >= 4 is 5.78 Å². The van der Waals surface area contributed by atoms with Crippen molar-refractivity contribution in [2.24, 2.45) is 17.8 Å². The Morgan fingerprint density at radius 1 is 1.36 bits per heavy atom. The smallest absolute Gasteiger partial charge is 0.152 e. The zero-order valence-corrected chi connectivity index (χ0v) is 14.3. The zero-order chi connectivity index (χ0) is 16.1. The fourth-order valence-corrected chi connectivity index (χ4v) is 3.99. The normalized spacial score (nSPS) is 31.0. The van der Waals surface area contributed by atoms with Crippen molar-refractivity contribution in [1.29, 1.82) is 0 Å². The van der Waals surface area contributed by atoms with E-state index in [9.17, 15) is 9.90 Å². The first-order valence-corrected chi connectivity index (χ1v) is 8.68. The maximum atomic E-state index is 11.1. The molecule has 22 heavy (non-hydrogen) atoms. The van der Waals surface area contributed by atoms with Gasteiger partial charge in [-0.15, -0.1) is 0 Å². The Balaban J connectivity index is 1.77. The molecule has 0 aromatic carbocycles. The van der Waals surface area contributed by atoms with Crippen LogP contribution in [-0.4, -0.2) is 42.5 Å². The van der Waals surface area contributed by atoms with Crippen molar-refractivity contribution in [3.8, 4) is 0 Å². The van der Waals surface area contributed by atoms with E-state index in [-0.39, 0.29) is 17.8 Å². The third-order valence-electron chi connectivity index (χ3n) is 5.11. The molecule has 0 heterocycles. The Morgan fingerprint density at radius 3 is 2.82 bits per heavy atom. The molecule has 3 heteroatoms. The number of carbonyl (C=O) groups excluding carboxylic acids is 1. The molecule has 2 aliphatic rings. The summed E-state index contributed by atoms with van der Waals surface area (Å²) in [6.45, 7) is 2.75. The topological polar surface area (TPSA) is 40.5 Å². The van der Waals surface area contributed by atoms with Crippen LogP contribution in [0.15, 0.2) is 23.8 Å². The molecule has 0 bridgehead atoms. The molecule has 1 fully saturated rings. The van der Waals surface area contributed by atoms with Gasteiger partial charge in [-0.05, 0) is 77.6 Å². The van der Waals surface area contributed by atoms with E-state index in [1.165, 1.54) is 32.2 Å². The van der Waals surface area contributed by atoms with Crippen LogP contribution in [-0.2, 0) is 4.79 Å². The lowest BCUT2D eigenvalue weighted by Gasteiger charge is -2.18. The summed E-state index contributed by atoms with van der Waals surface area (Å²) in [4.78, 5) is 13.4. The Bertz CT molecular complexity index is 439. The van der Waals surface area contributed by atoms with Crippen molar-refractivity contribution in [3.63, 3.8) is 0 Å². The minimum Gasteiger partial charge on any atom is -0.392 e. The molecule has 2 aliphatic carbocycles. The average molecular weight is 305 g/mol. The van der Waals surface area contributed by atoms with E-state index in [4.69, 9.17) is 0 Å². The predicted molar refractivity (Wildman–Crippen MR) is 90.6 cm³/mol. The maximum Gasteiger partial charge on any atom is 0.152 e. The molecular formula is C19H31NO2. The second kappa shape index (κ2) is 8.07. The van der Waals surface area contributed by atoms with Crippen molar-refractivity contribution in [3.05, 3.63) is 23.8 Å². The van der Waals surface area contributed by atoms with Crippen LogP contribution in [0.5, 0.6) is 0 Å². The van der Waals surface area contributed by atoms with Crippen LogP contribution in [0, 0.1) is 17.8 Å². The van der Waals surface area contributed by atoms with E-state index in [1.807, 2.05) is 6.08 Å². The molecule has 0 aliphatic heterocycles. The van der Waals surface area contributed by atoms with Crippen LogP contribution in [0.1, 0.15) is 45.4 Å². The van der Waals surface area contributed by atoms with Gasteiger partial charge in [-0.2, -0.15) is 0 Å².